The molecule has 0 saturated heterocycles. The predicted octanol–water partition coefficient (Wildman–Crippen LogP) is 5.05. The number of aldehydes is 1. The zero-order chi connectivity index (χ0) is 34.6. The number of aliphatic hydroxyl groups excluding tert-OH is 1. The first-order valence-corrected chi connectivity index (χ1v) is 15.7. The van der Waals surface area contributed by atoms with Crippen molar-refractivity contribution in [3.8, 4) is 0 Å². The van der Waals surface area contributed by atoms with Crippen LogP contribution < -0.4 is 5.32 Å². The highest BCUT2D eigenvalue weighted by Crippen LogP contribution is 2.60. The molecule has 2 aliphatic carbocycles. The van der Waals surface area contributed by atoms with Gasteiger partial charge < -0.3 is 15.2 Å². The first-order valence-electron chi connectivity index (χ1n) is 14.2. The van der Waals surface area contributed by atoms with Gasteiger partial charge in [0, 0.05) is 42.3 Å². The standard InChI is InChI=1S/C31H26F8N2O5S/c32-21-3-5-22(6-4-21)47(45,46)28-20(16-42)15-25(41-27(44)26(43)13-17-9-11-40-12-10-17)24(28)7-1-18-14-19(2-8-23(18)28)29(33,30(34,35)36)31(37,38)39/h2-6,8-12,14,16,20,24-26,43H,1,7,13,15H2,(H,41,44)/t20?,24-,25+,26?,28-/m0/s1. The fraction of sp³-hybridized carbons (Fsp3) is 0.387. The third-order valence-corrected chi connectivity index (χ3v) is 11.7. The molecule has 1 amide bonds. The molecule has 0 radical (unpaired) electrons. The van der Waals surface area contributed by atoms with Gasteiger partial charge in [0.05, 0.1) is 4.90 Å². The summed E-state index contributed by atoms with van der Waals surface area (Å²) >= 11 is 0. The highest BCUT2D eigenvalue weighted by atomic mass is 32.2. The second-order valence-electron chi connectivity index (χ2n) is 11.6. The van der Waals surface area contributed by atoms with E-state index in [1.165, 1.54) is 12.4 Å². The number of sulfone groups is 1. The molecule has 3 aromatic rings. The summed E-state index contributed by atoms with van der Waals surface area (Å²) < 4.78 is 137. The zero-order valence-corrected chi connectivity index (χ0v) is 24.8. The Morgan fingerprint density at radius 2 is 1.62 bits per heavy atom. The first-order chi connectivity index (χ1) is 21.9. The van der Waals surface area contributed by atoms with Crippen LogP contribution in [0.25, 0.3) is 0 Å². The Hall–Kier alpha value is -3.92. The lowest BCUT2D eigenvalue weighted by Crippen LogP contribution is -2.53. The van der Waals surface area contributed by atoms with Crippen LogP contribution in [0.2, 0.25) is 0 Å². The minimum atomic E-state index is -6.43. The van der Waals surface area contributed by atoms with Crippen LogP contribution >= 0.6 is 0 Å². The maximum Gasteiger partial charge on any atom is 0.435 e. The Morgan fingerprint density at radius 3 is 2.19 bits per heavy atom. The molecule has 2 aromatic carbocycles. The highest BCUT2D eigenvalue weighted by molar-refractivity contribution is 7.92. The van der Waals surface area contributed by atoms with Crippen molar-refractivity contribution >= 4 is 22.0 Å². The van der Waals surface area contributed by atoms with Gasteiger partial charge in [0.2, 0.25) is 5.91 Å². The SMILES string of the molecule is O=CC1C[C@@H](NC(=O)C(O)Cc2ccncc2)[C@@H]2CCc3cc(C(F)(C(F)(F)F)C(F)(F)F)ccc3[C@@]12S(=O)(=O)c1ccc(F)cc1. The molecule has 2 aliphatic rings. The van der Waals surface area contributed by atoms with Crippen molar-refractivity contribution < 1.29 is 58.2 Å². The van der Waals surface area contributed by atoms with Crippen LogP contribution in [-0.4, -0.2) is 55.2 Å². The van der Waals surface area contributed by atoms with Crippen molar-refractivity contribution in [1.82, 2.24) is 10.3 Å². The van der Waals surface area contributed by atoms with E-state index in [1.54, 1.807) is 12.1 Å². The van der Waals surface area contributed by atoms with E-state index in [4.69, 9.17) is 0 Å². The van der Waals surface area contributed by atoms with E-state index in [2.05, 4.69) is 10.3 Å². The zero-order valence-electron chi connectivity index (χ0n) is 24.0. The molecular weight excluding hydrogens is 664 g/mol. The van der Waals surface area contributed by atoms with Crippen molar-refractivity contribution in [2.24, 2.45) is 11.8 Å². The molecule has 1 heterocycles. The minimum absolute atomic E-state index is 0.156. The van der Waals surface area contributed by atoms with E-state index < -0.39 is 78.8 Å². The molecule has 47 heavy (non-hydrogen) atoms. The van der Waals surface area contributed by atoms with Gasteiger partial charge in [0.1, 0.15) is 23.0 Å². The van der Waals surface area contributed by atoms with Crippen LogP contribution in [0.3, 0.4) is 0 Å². The summed E-state index contributed by atoms with van der Waals surface area (Å²) in [5, 5.41) is 13.2. The van der Waals surface area contributed by atoms with Crippen molar-refractivity contribution in [1.29, 1.82) is 0 Å². The molecule has 0 bridgehead atoms. The summed E-state index contributed by atoms with van der Waals surface area (Å²) in [7, 11) is -4.85. The lowest BCUT2D eigenvalue weighted by atomic mass is 9.71. The third kappa shape index (κ3) is 5.48. The van der Waals surface area contributed by atoms with Gasteiger partial charge in [-0.3, -0.25) is 9.78 Å². The number of halogens is 8. The molecular formula is C31H26F8N2O5S. The number of carbonyl (C=O) groups is 2. The summed E-state index contributed by atoms with van der Waals surface area (Å²) in [5.41, 5.74) is -7.81. The number of pyridine rings is 1. The lowest BCUT2D eigenvalue weighted by Gasteiger charge is -2.44. The summed E-state index contributed by atoms with van der Waals surface area (Å²) in [4.78, 5) is 29.1. The fourth-order valence-corrected chi connectivity index (χ4v) is 9.58. The molecule has 1 fully saturated rings. The Labute approximate surface area is 262 Å². The highest BCUT2D eigenvalue weighted by Gasteiger charge is 2.74. The first kappa shape index (κ1) is 34.4. The number of fused-ring (bicyclic) bond motifs is 3. The third-order valence-electron chi connectivity index (χ3n) is 9.07. The largest absolute Gasteiger partial charge is 0.435 e. The van der Waals surface area contributed by atoms with E-state index in [1.807, 2.05) is 0 Å². The molecule has 0 spiro atoms. The van der Waals surface area contributed by atoms with Crippen molar-refractivity contribution in [2.75, 3.05) is 0 Å². The van der Waals surface area contributed by atoms with Crippen molar-refractivity contribution in [3.63, 3.8) is 0 Å². The Morgan fingerprint density at radius 1 is 1.00 bits per heavy atom. The van der Waals surface area contributed by atoms with Crippen LogP contribution in [0.1, 0.15) is 35.1 Å². The average Bonchev–Trinajstić information content (AvgIpc) is 3.34. The number of nitrogens with zero attached hydrogens (tertiary/aromatic N) is 1. The second-order valence-corrected chi connectivity index (χ2v) is 13.7. The number of aliphatic hydroxyl groups is 1. The van der Waals surface area contributed by atoms with Gasteiger partial charge in [0.15, 0.2) is 9.84 Å². The number of hydrogen-bond donors (Lipinski definition) is 2. The molecule has 1 saturated carbocycles. The topological polar surface area (TPSA) is 113 Å². The number of hydrogen-bond acceptors (Lipinski definition) is 6. The minimum Gasteiger partial charge on any atom is -0.383 e. The summed E-state index contributed by atoms with van der Waals surface area (Å²) in [5.74, 6) is -4.49. The van der Waals surface area contributed by atoms with Crippen LogP contribution in [0, 0.1) is 17.7 Å². The summed E-state index contributed by atoms with van der Waals surface area (Å²) in [6.45, 7) is 0. The fourth-order valence-electron chi connectivity index (χ4n) is 6.98. The van der Waals surface area contributed by atoms with Crippen molar-refractivity contribution in [3.05, 3.63) is 95.1 Å². The quantitative estimate of drug-likeness (QED) is 0.195. The van der Waals surface area contributed by atoms with Gasteiger partial charge >= 0.3 is 18.0 Å². The van der Waals surface area contributed by atoms with Crippen LogP contribution in [0.4, 0.5) is 35.1 Å². The van der Waals surface area contributed by atoms with Gasteiger partial charge in [-0.05, 0) is 72.4 Å². The molecule has 16 heteroatoms. The summed E-state index contributed by atoms with van der Waals surface area (Å²) in [6, 6.07) is 6.52. The normalized spacial score (nSPS) is 23.8. The number of carbonyl (C=O) groups excluding carboxylic acids is 2. The number of nitrogens with one attached hydrogen (secondary N) is 1. The van der Waals surface area contributed by atoms with E-state index in [0.29, 0.717) is 17.7 Å². The second kappa shape index (κ2) is 12.0. The number of aromatic nitrogens is 1. The predicted molar refractivity (Wildman–Crippen MR) is 148 cm³/mol. The van der Waals surface area contributed by atoms with Crippen LogP contribution in [-0.2, 0) is 42.7 Å². The van der Waals surface area contributed by atoms with Gasteiger partial charge in [0.25, 0.3) is 0 Å². The number of aryl methyl sites for hydroxylation is 1. The smallest absolute Gasteiger partial charge is 0.383 e. The number of rotatable bonds is 8. The number of amides is 1. The van der Waals surface area contributed by atoms with Crippen molar-refractivity contribution in [2.45, 2.75) is 65.5 Å². The van der Waals surface area contributed by atoms with Gasteiger partial charge in [-0.25, -0.2) is 17.2 Å². The molecule has 2 unspecified atom stereocenters. The molecule has 5 rings (SSSR count). The van der Waals surface area contributed by atoms with E-state index in [0.717, 1.165) is 24.3 Å². The van der Waals surface area contributed by atoms with Crippen LogP contribution in [0.15, 0.2) is 71.9 Å². The van der Waals surface area contributed by atoms with Gasteiger partial charge in [-0.1, -0.05) is 18.2 Å². The Kier molecular flexibility index (Phi) is 8.75. The van der Waals surface area contributed by atoms with Crippen LogP contribution in [0.5, 0.6) is 0 Å². The van der Waals surface area contributed by atoms with Gasteiger partial charge in [-0.2, -0.15) is 26.3 Å². The Balaban J connectivity index is 1.65. The van der Waals surface area contributed by atoms with E-state index >= 15 is 4.39 Å². The molecule has 1 aromatic heterocycles. The molecule has 0 aliphatic heterocycles. The van der Waals surface area contributed by atoms with E-state index in [-0.39, 0.29) is 49.2 Å². The molecule has 252 valence electrons. The lowest BCUT2D eigenvalue weighted by molar-refractivity contribution is -0.348. The maximum absolute atomic E-state index is 15.1. The number of benzene rings is 2. The molecule has 7 nitrogen and oxygen atoms in total. The average molecular weight is 691 g/mol. The Bertz CT molecular complexity index is 1750. The van der Waals surface area contributed by atoms with E-state index in [9.17, 15) is 53.8 Å². The molecule has 5 atom stereocenters. The monoisotopic (exact) mass is 690 g/mol. The van der Waals surface area contributed by atoms with Gasteiger partial charge in [-0.15, -0.1) is 0 Å². The maximum atomic E-state index is 15.1. The molecule has 2 N–H and O–H groups in total. The number of alkyl halides is 7. The summed E-state index contributed by atoms with van der Waals surface area (Å²) in [6.07, 6.45) is -12.5.